The lowest BCUT2D eigenvalue weighted by Gasteiger charge is -2.04. The van der Waals surface area contributed by atoms with Crippen molar-refractivity contribution in [2.75, 3.05) is 0 Å². The molecule has 0 unspecified atom stereocenters. The van der Waals surface area contributed by atoms with E-state index in [9.17, 15) is 4.79 Å². The molecule has 74 valence electrons. The van der Waals surface area contributed by atoms with Gasteiger partial charge in [-0.05, 0) is 42.9 Å². The maximum Gasteiger partial charge on any atom is 0.267 e. The molecule has 0 aliphatic heterocycles. The minimum atomic E-state index is -0.429. The molecule has 1 aromatic rings. The van der Waals surface area contributed by atoms with Gasteiger partial charge in [0.25, 0.3) is 5.91 Å². The Balaban J connectivity index is 2.40. The number of hydrogen-bond donors (Lipinski definition) is 1. The highest BCUT2D eigenvalue weighted by atomic mass is 16.1. The van der Waals surface area contributed by atoms with E-state index in [0.717, 1.165) is 12.1 Å². The number of hydrogen-bond acceptors (Lipinski definition) is 2. The van der Waals surface area contributed by atoms with E-state index >= 15 is 0 Å². The predicted molar refractivity (Wildman–Crippen MR) is 54.1 cm³/mol. The number of amides is 1. The Hall–Kier alpha value is -1.38. The minimum absolute atomic E-state index is 0.409. The third-order valence-corrected chi connectivity index (χ3v) is 2.56. The maximum atomic E-state index is 11.0. The number of carbonyl (C=O) groups is 1. The summed E-state index contributed by atoms with van der Waals surface area (Å²) < 4.78 is 0. The molecule has 1 saturated carbocycles. The van der Waals surface area contributed by atoms with Crippen molar-refractivity contribution in [3.8, 4) is 0 Å². The van der Waals surface area contributed by atoms with Gasteiger partial charge < -0.3 is 5.73 Å². The largest absolute Gasteiger partial charge is 0.364 e. The first-order valence-electron chi connectivity index (χ1n) is 5.01. The third-order valence-electron chi connectivity index (χ3n) is 2.56. The zero-order valence-electron chi connectivity index (χ0n) is 8.29. The van der Waals surface area contributed by atoms with Gasteiger partial charge in [-0.25, -0.2) is 4.98 Å². The van der Waals surface area contributed by atoms with Crippen LogP contribution in [0.3, 0.4) is 0 Å². The summed E-state index contributed by atoms with van der Waals surface area (Å²) in [6.45, 7) is 2.03. The Bertz CT molecular complexity index is 370. The van der Waals surface area contributed by atoms with Gasteiger partial charge in [0, 0.05) is 5.69 Å². The standard InChI is InChI=1S/C11H14N2O/c1-2-9-5-8(7-3-4-7)6-10(13-9)11(12)14/h5-7H,2-4H2,1H3,(H2,12,14). The molecule has 1 fully saturated rings. The van der Waals surface area contributed by atoms with E-state index < -0.39 is 5.91 Å². The van der Waals surface area contributed by atoms with Crippen molar-refractivity contribution in [2.45, 2.75) is 32.1 Å². The molecule has 1 amide bonds. The van der Waals surface area contributed by atoms with E-state index in [2.05, 4.69) is 11.1 Å². The van der Waals surface area contributed by atoms with E-state index in [4.69, 9.17) is 5.73 Å². The summed E-state index contributed by atoms with van der Waals surface area (Å²) in [5, 5.41) is 0. The highest BCUT2D eigenvalue weighted by molar-refractivity contribution is 5.91. The zero-order valence-corrected chi connectivity index (χ0v) is 8.29. The van der Waals surface area contributed by atoms with Gasteiger partial charge in [-0.2, -0.15) is 0 Å². The lowest BCUT2D eigenvalue weighted by molar-refractivity contribution is 0.0995. The van der Waals surface area contributed by atoms with Gasteiger partial charge in [0.05, 0.1) is 0 Å². The second-order valence-electron chi connectivity index (χ2n) is 3.77. The molecule has 2 rings (SSSR count). The fraction of sp³-hybridized carbons (Fsp3) is 0.455. The topological polar surface area (TPSA) is 56.0 Å². The Morgan fingerprint density at radius 3 is 2.79 bits per heavy atom. The van der Waals surface area contributed by atoms with Crippen molar-refractivity contribution in [1.29, 1.82) is 0 Å². The summed E-state index contributed by atoms with van der Waals surface area (Å²) in [6, 6.07) is 3.92. The van der Waals surface area contributed by atoms with E-state index in [0.29, 0.717) is 11.6 Å². The fourth-order valence-electron chi connectivity index (χ4n) is 1.57. The first-order valence-corrected chi connectivity index (χ1v) is 5.01. The molecule has 0 saturated heterocycles. The molecule has 1 aromatic heterocycles. The van der Waals surface area contributed by atoms with Crippen molar-refractivity contribution in [2.24, 2.45) is 5.73 Å². The average Bonchev–Trinajstić information content (AvgIpc) is 3.00. The Kier molecular flexibility index (Phi) is 2.23. The number of nitrogens with two attached hydrogens (primary N) is 1. The molecular weight excluding hydrogens is 176 g/mol. The third kappa shape index (κ3) is 1.76. The number of primary amides is 1. The summed E-state index contributed by atoms with van der Waals surface area (Å²) in [5.74, 6) is 0.212. The van der Waals surface area contributed by atoms with Crippen LogP contribution in [0.1, 0.15) is 47.4 Å². The number of rotatable bonds is 3. The maximum absolute atomic E-state index is 11.0. The van der Waals surface area contributed by atoms with Crippen LogP contribution in [0.2, 0.25) is 0 Å². The first-order chi connectivity index (χ1) is 6.70. The van der Waals surface area contributed by atoms with E-state index in [1.165, 1.54) is 18.4 Å². The number of pyridine rings is 1. The van der Waals surface area contributed by atoms with Crippen LogP contribution in [0.4, 0.5) is 0 Å². The molecule has 2 N–H and O–H groups in total. The smallest absolute Gasteiger partial charge is 0.267 e. The molecule has 1 heterocycles. The molecule has 0 spiro atoms. The van der Waals surface area contributed by atoms with E-state index in [-0.39, 0.29) is 0 Å². The van der Waals surface area contributed by atoms with Crippen LogP contribution >= 0.6 is 0 Å². The fourth-order valence-corrected chi connectivity index (χ4v) is 1.57. The van der Waals surface area contributed by atoms with Gasteiger partial charge in [-0.3, -0.25) is 4.79 Å². The molecule has 1 aliphatic rings. The number of aromatic nitrogens is 1. The number of nitrogens with zero attached hydrogens (tertiary/aromatic N) is 1. The molecule has 0 atom stereocenters. The van der Waals surface area contributed by atoms with Crippen LogP contribution in [-0.4, -0.2) is 10.9 Å². The molecule has 1 aliphatic carbocycles. The molecule has 3 heteroatoms. The minimum Gasteiger partial charge on any atom is -0.364 e. The van der Waals surface area contributed by atoms with Gasteiger partial charge in [0.2, 0.25) is 0 Å². The van der Waals surface area contributed by atoms with E-state index in [1.807, 2.05) is 13.0 Å². The van der Waals surface area contributed by atoms with Crippen LogP contribution in [0, 0.1) is 0 Å². The van der Waals surface area contributed by atoms with Crippen LogP contribution in [-0.2, 0) is 6.42 Å². The summed E-state index contributed by atoms with van der Waals surface area (Å²) in [7, 11) is 0. The second-order valence-corrected chi connectivity index (χ2v) is 3.77. The SMILES string of the molecule is CCc1cc(C2CC2)cc(C(N)=O)n1. The second kappa shape index (κ2) is 3.40. The summed E-state index contributed by atoms with van der Waals surface area (Å²) >= 11 is 0. The summed E-state index contributed by atoms with van der Waals surface area (Å²) in [5.41, 5.74) is 7.82. The molecule has 3 nitrogen and oxygen atoms in total. The highest BCUT2D eigenvalue weighted by Gasteiger charge is 2.24. The monoisotopic (exact) mass is 190 g/mol. The van der Waals surface area contributed by atoms with Gasteiger partial charge in [0.15, 0.2) is 0 Å². The van der Waals surface area contributed by atoms with Gasteiger partial charge in [-0.1, -0.05) is 6.92 Å². The van der Waals surface area contributed by atoms with Gasteiger partial charge >= 0.3 is 0 Å². The van der Waals surface area contributed by atoms with Crippen LogP contribution < -0.4 is 5.73 Å². The molecule has 14 heavy (non-hydrogen) atoms. The first kappa shape index (κ1) is 9.19. The summed E-state index contributed by atoms with van der Waals surface area (Å²) in [4.78, 5) is 15.2. The van der Waals surface area contributed by atoms with Crippen molar-refractivity contribution in [3.05, 3.63) is 29.1 Å². The van der Waals surface area contributed by atoms with Crippen LogP contribution in [0.25, 0.3) is 0 Å². The zero-order chi connectivity index (χ0) is 10.1. The lowest BCUT2D eigenvalue weighted by atomic mass is 10.1. The Morgan fingerprint density at radius 2 is 2.29 bits per heavy atom. The lowest BCUT2D eigenvalue weighted by Crippen LogP contribution is -2.14. The van der Waals surface area contributed by atoms with Crippen molar-refractivity contribution in [3.63, 3.8) is 0 Å². The normalized spacial score (nSPS) is 15.5. The summed E-state index contributed by atoms with van der Waals surface area (Å²) in [6.07, 6.45) is 3.30. The number of carbonyl (C=O) groups excluding carboxylic acids is 1. The van der Waals surface area contributed by atoms with Crippen LogP contribution in [0.15, 0.2) is 12.1 Å². The predicted octanol–water partition coefficient (Wildman–Crippen LogP) is 1.62. The molecule has 0 radical (unpaired) electrons. The van der Waals surface area contributed by atoms with Crippen molar-refractivity contribution >= 4 is 5.91 Å². The van der Waals surface area contributed by atoms with E-state index in [1.54, 1.807) is 0 Å². The molecule has 0 aromatic carbocycles. The van der Waals surface area contributed by atoms with Gasteiger partial charge in [-0.15, -0.1) is 0 Å². The Morgan fingerprint density at radius 1 is 1.57 bits per heavy atom. The quantitative estimate of drug-likeness (QED) is 0.787. The highest BCUT2D eigenvalue weighted by Crippen LogP contribution is 2.40. The Labute approximate surface area is 83.3 Å². The molecule has 0 bridgehead atoms. The number of aryl methyl sites for hydroxylation is 1. The molecular formula is C11H14N2O. The van der Waals surface area contributed by atoms with Crippen molar-refractivity contribution in [1.82, 2.24) is 4.98 Å². The van der Waals surface area contributed by atoms with Crippen LogP contribution in [0.5, 0.6) is 0 Å². The average molecular weight is 190 g/mol. The van der Waals surface area contributed by atoms with Gasteiger partial charge in [0.1, 0.15) is 5.69 Å². The van der Waals surface area contributed by atoms with Crippen molar-refractivity contribution < 1.29 is 4.79 Å².